The number of rotatable bonds is 5. The van der Waals surface area contributed by atoms with E-state index in [-0.39, 0.29) is 30.5 Å². The lowest BCUT2D eigenvalue weighted by Crippen LogP contribution is -2.38. The molecular formula is C20H25N3O4. The van der Waals surface area contributed by atoms with Gasteiger partial charge in [0.15, 0.2) is 0 Å². The fourth-order valence-corrected chi connectivity index (χ4v) is 3.24. The number of amides is 2. The van der Waals surface area contributed by atoms with Crippen LogP contribution in [0.5, 0.6) is 0 Å². The van der Waals surface area contributed by atoms with Gasteiger partial charge in [0.1, 0.15) is 11.5 Å². The van der Waals surface area contributed by atoms with E-state index in [4.69, 9.17) is 4.52 Å². The predicted octanol–water partition coefficient (Wildman–Crippen LogP) is 1.64. The number of nitrogens with zero attached hydrogens (tertiary/aromatic N) is 2. The summed E-state index contributed by atoms with van der Waals surface area (Å²) in [5, 5.41) is 16.5. The van der Waals surface area contributed by atoms with Gasteiger partial charge in [0, 0.05) is 12.6 Å². The van der Waals surface area contributed by atoms with Crippen LogP contribution in [0.1, 0.15) is 31.7 Å². The molecule has 2 N–H and O–H groups in total. The Balaban J connectivity index is 1.62. The Morgan fingerprint density at radius 1 is 1.37 bits per heavy atom. The van der Waals surface area contributed by atoms with Crippen molar-refractivity contribution in [1.29, 1.82) is 0 Å². The monoisotopic (exact) mass is 371 g/mol. The first kappa shape index (κ1) is 19.1. The molecule has 2 amide bonds. The molecule has 1 unspecified atom stereocenters. The Morgan fingerprint density at radius 3 is 2.81 bits per heavy atom. The van der Waals surface area contributed by atoms with Crippen molar-refractivity contribution in [3.05, 3.63) is 52.6 Å². The number of hydrogen-bond donors (Lipinski definition) is 2. The summed E-state index contributed by atoms with van der Waals surface area (Å²) in [6.45, 7) is 6.51. The molecule has 27 heavy (non-hydrogen) atoms. The van der Waals surface area contributed by atoms with E-state index < -0.39 is 6.10 Å². The second-order valence-corrected chi connectivity index (χ2v) is 7.26. The highest BCUT2D eigenvalue weighted by molar-refractivity contribution is 5.98. The van der Waals surface area contributed by atoms with E-state index >= 15 is 0 Å². The maximum atomic E-state index is 12.6. The Hall–Kier alpha value is -2.67. The van der Waals surface area contributed by atoms with Crippen LogP contribution in [0.3, 0.4) is 0 Å². The Bertz CT molecular complexity index is 834. The molecule has 7 heteroatoms. The minimum Gasteiger partial charge on any atom is -0.387 e. The molecular weight excluding hydrogens is 346 g/mol. The van der Waals surface area contributed by atoms with Gasteiger partial charge in [0.2, 0.25) is 5.91 Å². The average molecular weight is 371 g/mol. The molecule has 2 aliphatic rings. The zero-order valence-corrected chi connectivity index (χ0v) is 15.9. The summed E-state index contributed by atoms with van der Waals surface area (Å²) in [7, 11) is 0. The zero-order chi connectivity index (χ0) is 19.6. The molecule has 144 valence electrons. The third kappa shape index (κ3) is 4.54. The highest BCUT2D eigenvalue weighted by Gasteiger charge is 2.32. The summed E-state index contributed by atoms with van der Waals surface area (Å²) in [4.78, 5) is 26.4. The summed E-state index contributed by atoms with van der Waals surface area (Å²) in [6.07, 6.45) is 5.56. The van der Waals surface area contributed by atoms with E-state index in [0.717, 1.165) is 12.0 Å². The molecule has 2 heterocycles. The summed E-state index contributed by atoms with van der Waals surface area (Å²) < 4.78 is 5.07. The van der Waals surface area contributed by atoms with Gasteiger partial charge in [-0.3, -0.25) is 9.59 Å². The Morgan fingerprint density at radius 2 is 2.15 bits per heavy atom. The highest BCUT2D eigenvalue weighted by atomic mass is 16.5. The van der Waals surface area contributed by atoms with E-state index in [1.807, 2.05) is 6.08 Å². The molecule has 0 saturated heterocycles. The first-order chi connectivity index (χ1) is 12.8. The van der Waals surface area contributed by atoms with Crippen LogP contribution >= 0.6 is 0 Å². The fourth-order valence-electron chi connectivity index (χ4n) is 3.24. The molecule has 1 aliphatic heterocycles. The molecule has 1 aliphatic carbocycles. The van der Waals surface area contributed by atoms with E-state index in [2.05, 4.69) is 30.4 Å². The third-order valence-electron chi connectivity index (χ3n) is 4.95. The third-order valence-corrected chi connectivity index (χ3v) is 4.95. The quantitative estimate of drug-likeness (QED) is 0.820. The van der Waals surface area contributed by atoms with Crippen molar-refractivity contribution in [2.45, 2.75) is 39.7 Å². The van der Waals surface area contributed by atoms with Crippen molar-refractivity contribution in [2.24, 2.45) is 5.92 Å². The van der Waals surface area contributed by atoms with Crippen molar-refractivity contribution in [1.82, 2.24) is 15.4 Å². The van der Waals surface area contributed by atoms with Gasteiger partial charge in [-0.15, -0.1) is 0 Å². The number of carbonyl (C=O) groups is 2. The van der Waals surface area contributed by atoms with Crippen LogP contribution in [-0.4, -0.2) is 46.2 Å². The van der Waals surface area contributed by atoms with Crippen molar-refractivity contribution in [2.75, 3.05) is 13.1 Å². The van der Waals surface area contributed by atoms with Crippen LogP contribution in [0.25, 0.3) is 0 Å². The summed E-state index contributed by atoms with van der Waals surface area (Å²) >= 11 is 0. The van der Waals surface area contributed by atoms with Gasteiger partial charge in [-0.2, -0.15) is 0 Å². The second kappa shape index (κ2) is 7.92. The largest absolute Gasteiger partial charge is 0.387 e. The van der Waals surface area contributed by atoms with Crippen molar-refractivity contribution >= 4 is 11.8 Å². The molecule has 0 bridgehead atoms. The lowest BCUT2D eigenvalue weighted by Gasteiger charge is -2.22. The lowest BCUT2D eigenvalue weighted by atomic mass is 9.89. The molecule has 7 nitrogen and oxygen atoms in total. The fraction of sp³-hybridized carbons (Fsp3) is 0.450. The zero-order valence-electron chi connectivity index (χ0n) is 15.9. The minimum atomic E-state index is -0.856. The number of aliphatic hydroxyl groups excluding tert-OH is 1. The number of aliphatic hydroxyl groups is 1. The standard InChI is InChI=1S/C20H25N3O4/c1-12-4-5-15(6-13(12)2)10-21-20(26)18-8-16(24)11-23(18)19(25)9-17-7-14(3)22-27-17/h4-5,7-8,13,16,24H,6,9-11H2,1-3H3,(H,21,26)/t13?,16-/m1/s1. The normalized spacial score (nSPS) is 22.2. The number of aryl methyl sites for hydroxylation is 1. The van der Waals surface area contributed by atoms with Crippen LogP contribution in [0.4, 0.5) is 0 Å². The molecule has 0 spiro atoms. The number of carbonyl (C=O) groups excluding carboxylic acids is 2. The smallest absolute Gasteiger partial charge is 0.268 e. The molecule has 3 rings (SSSR count). The second-order valence-electron chi connectivity index (χ2n) is 7.26. The van der Waals surface area contributed by atoms with E-state index in [1.165, 1.54) is 16.5 Å². The molecule has 2 atom stereocenters. The summed E-state index contributed by atoms with van der Waals surface area (Å²) in [5.74, 6) is 0.210. The summed E-state index contributed by atoms with van der Waals surface area (Å²) in [6, 6.07) is 1.68. The van der Waals surface area contributed by atoms with Crippen LogP contribution in [-0.2, 0) is 16.0 Å². The molecule has 0 radical (unpaired) electrons. The van der Waals surface area contributed by atoms with Crippen LogP contribution in [0.15, 0.2) is 45.7 Å². The van der Waals surface area contributed by atoms with Crippen molar-refractivity contribution < 1.29 is 19.2 Å². The van der Waals surface area contributed by atoms with Gasteiger partial charge in [-0.1, -0.05) is 35.4 Å². The van der Waals surface area contributed by atoms with Crippen molar-refractivity contribution in [3.63, 3.8) is 0 Å². The van der Waals surface area contributed by atoms with Gasteiger partial charge >= 0.3 is 0 Å². The SMILES string of the molecule is CC1=CC=C(CNC(=O)C2=C[C@@H](O)CN2C(=O)Cc2cc(C)no2)CC1C. The van der Waals surface area contributed by atoms with Crippen LogP contribution in [0.2, 0.25) is 0 Å². The Kier molecular flexibility index (Phi) is 5.60. The number of allylic oxidation sites excluding steroid dienone is 3. The predicted molar refractivity (Wildman–Crippen MR) is 99.4 cm³/mol. The van der Waals surface area contributed by atoms with Gasteiger partial charge < -0.3 is 19.8 Å². The summed E-state index contributed by atoms with van der Waals surface area (Å²) in [5.41, 5.74) is 3.33. The molecule has 0 aromatic carbocycles. The number of hydrogen-bond acceptors (Lipinski definition) is 5. The van der Waals surface area contributed by atoms with E-state index in [9.17, 15) is 14.7 Å². The lowest BCUT2D eigenvalue weighted by molar-refractivity contribution is -0.132. The molecule has 1 aromatic rings. The number of β-amino-alcohol motifs (C(OH)–C–C–N with tert-alkyl or cyclic N) is 1. The molecule has 0 saturated carbocycles. The minimum absolute atomic E-state index is 0.00901. The van der Waals surface area contributed by atoms with E-state index in [1.54, 1.807) is 13.0 Å². The van der Waals surface area contributed by atoms with E-state index in [0.29, 0.717) is 23.9 Å². The first-order valence-corrected chi connectivity index (χ1v) is 9.10. The number of aromatic nitrogens is 1. The average Bonchev–Trinajstić information content (AvgIpc) is 3.21. The molecule has 1 aromatic heterocycles. The van der Waals surface area contributed by atoms with Gasteiger partial charge in [-0.05, 0) is 32.3 Å². The topological polar surface area (TPSA) is 95.7 Å². The van der Waals surface area contributed by atoms with Gasteiger partial charge in [0.05, 0.1) is 24.8 Å². The highest BCUT2D eigenvalue weighted by Crippen LogP contribution is 2.24. The first-order valence-electron chi connectivity index (χ1n) is 9.10. The maximum absolute atomic E-state index is 12.6. The maximum Gasteiger partial charge on any atom is 0.268 e. The van der Waals surface area contributed by atoms with Crippen molar-refractivity contribution in [3.8, 4) is 0 Å². The number of nitrogens with one attached hydrogen (secondary N) is 1. The van der Waals surface area contributed by atoms with Gasteiger partial charge in [-0.25, -0.2) is 0 Å². The molecule has 0 fully saturated rings. The Labute approximate surface area is 158 Å². The van der Waals surface area contributed by atoms with Gasteiger partial charge in [0.25, 0.3) is 5.91 Å². The van der Waals surface area contributed by atoms with Crippen LogP contribution in [0, 0.1) is 12.8 Å². The van der Waals surface area contributed by atoms with Crippen LogP contribution < -0.4 is 5.32 Å².